The van der Waals surface area contributed by atoms with E-state index in [9.17, 15) is 4.79 Å². The molecule has 0 atom stereocenters. The highest BCUT2D eigenvalue weighted by molar-refractivity contribution is 5.94. The van der Waals surface area contributed by atoms with E-state index in [1.807, 2.05) is 20.8 Å². The van der Waals surface area contributed by atoms with Gasteiger partial charge in [-0.25, -0.2) is 4.79 Å². The summed E-state index contributed by atoms with van der Waals surface area (Å²) in [5.74, 6) is 0.758. The van der Waals surface area contributed by atoms with Crippen molar-refractivity contribution in [2.45, 2.75) is 20.8 Å². The van der Waals surface area contributed by atoms with Gasteiger partial charge in [-0.1, -0.05) is 6.07 Å². The number of ether oxygens (including phenoxy) is 1. The number of anilines is 1. The Kier molecular flexibility index (Phi) is 3.99. The Bertz CT molecular complexity index is 442. The van der Waals surface area contributed by atoms with Crippen LogP contribution >= 0.6 is 0 Å². The summed E-state index contributed by atoms with van der Waals surface area (Å²) in [6, 6.07) is 1.90. The third-order valence-corrected chi connectivity index (χ3v) is 3.01. The fraction of sp³-hybridized carbons (Fsp3) is 0.462. The van der Waals surface area contributed by atoms with E-state index in [2.05, 4.69) is 11.4 Å². The summed E-state index contributed by atoms with van der Waals surface area (Å²) in [7, 11) is 4.97. The number of nitrogens with zero attached hydrogens (tertiary/aromatic N) is 1. The summed E-state index contributed by atoms with van der Waals surface area (Å²) < 4.78 is 5.43. The lowest BCUT2D eigenvalue weighted by molar-refractivity contribution is 0.249. The summed E-state index contributed by atoms with van der Waals surface area (Å²) in [6.07, 6.45) is 0. The number of benzene rings is 1. The second-order valence-corrected chi connectivity index (χ2v) is 4.13. The monoisotopic (exact) mass is 236 g/mol. The molecule has 1 N–H and O–H groups in total. The van der Waals surface area contributed by atoms with Crippen LogP contribution in [0.1, 0.15) is 16.7 Å². The van der Waals surface area contributed by atoms with Gasteiger partial charge in [0.2, 0.25) is 0 Å². The van der Waals surface area contributed by atoms with Crippen LogP contribution in [0.25, 0.3) is 0 Å². The predicted octanol–water partition coefficient (Wildman–Crippen LogP) is 2.40. The predicted molar refractivity (Wildman–Crippen MR) is 70.1 cm³/mol. The van der Waals surface area contributed by atoms with Crippen LogP contribution in [0, 0.1) is 20.8 Å². The van der Waals surface area contributed by atoms with E-state index in [0.29, 0.717) is 0 Å². The van der Waals surface area contributed by atoms with Crippen molar-refractivity contribution in [3.63, 3.8) is 0 Å². The highest BCUT2D eigenvalue weighted by Crippen LogP contribution is 2.36. The molecular weight excluding hydrogens is 216 g/mol. The summed E-state index contributed by atoms with van der Waals surface area (Å²) in [6.45, 7) is 6.01. The van der Waals surface area contributed by atoms with Crippen LogP contribution in [-0.4, -0.2) is 27.2 Å². The third-order valence-electron chi connectivity index (χ3n) is 3.01. The molecule has 0 bridgehead atoms. The van der Waals surface area contributed by atoms with Crippen LogP contribution in [0.15, 0.2) is 6.07 Å². The maximum Gasteiger partial charge on any atom is 0.321 e. The number of hydrogen-bond donors (Lipinski definition) is 1. The van der Waals surface area contributed by atoms with E-state index >= 15 is 0 Å². The van der Waals surface area contributed by atoms with Crippen molar-refractivity contribution in [1.82, 2.24) is 5.32 Å². The van der Waals surface area contributed by atoms with Gasteiger partial charge in [-0.05, 0) is 37.5 Å². The zero-order valence-electron chi connectivity index (χ0n) is 11.3. The first-order valence-electron chi connectivity index (χ1n) is 5.54. The number of carbonyl (C=O) groups is 1. The number of nitrogens with one attached hydrogen (secondary N) is 1. The molecule has 0 aromatic heterocycles. The molecule has 0 spiro atoms. The molecule has 0 aliphatic heterocycles. The minimum atomic E-state index is -0.158. The van der Waals surface area contributed by atoms with Crippen molar-refractivity contribution in [3.05, 3.63) is 22.8 Å². The molecule has 0 unspecified atom stereocenters. The Labute approximate surface area is 103 Å². The first-order chi connectivity index (χ1) is 7.93. The molecule has 94 valence electrons. The maximum absolute atomic E-state index is 11.7. The molecule has 17 heavy (non-hydrogen) atoms. The van der Waals surface area contributed by atoms with Crippen LogP contribution in [0.5, 0.6) is 5.75 Å². The Hall–Kier alpha value is -1.71. The van der Waals surface area contributed by atoms with Gasteiger partial charge in [-0.2, -0.15) is 0 Å². The molecule has 4 nitrogen and oxygen atoms in total. The van der Waals surface area contributed by atoms with Gasteiger partial charge in [0.15, 0.2) is 0 Å². The Morgan fingerprint density at radius 2 is 1.88 bits per heavy atom. The van der Waals surface area contributed by atoms with Gasteiger partial charge < -0.3 is 10.1 Å². The van der Waals surface area contributed by atoms with Gasteiger partial charge in [-0.3, -0.25) is 4.90 Å². The first-order valence-corrected chi connectivity index (χ1v) is 5.54. The normalized spacial score (nSPS) is 10.0. The van der Waals surface area contributed by atoms with Crippen molar-refractivity contribution in [2.24, 2.45) is 0 Å². The molecule has 0 heterocycles. The van der Waals surface area contributed by atoms with Crippen LogP contribution in [0.2, 0.25) is 0 Å². The number of aryl methyl sites for hydroxylation is 2. The molecule has 0 fully saturated rings. The molecule has 1 rings (SSSR count). The van der Waals surface area contributed by atoms with Gasteiger partial charge in [0.05, 0.1) is 12.8 Å². The van der Waals surface area contributed by atoms with Crippen molar-refractivity contribution < 1.29 is 9.53 Å². The lowest BCUT2D eigenvalue weighted by Gasteiger charge is -2.24. The molecule has 4 heteroatoms. The van der Waals surface area contributed by atoms with Crippen LogP contribution in [0.3, 0.4) is 0 Å². The highest BCUT2D eigenvalue weighted by atomic mass is 16.5. The number of amides is 2. The fourth-order valence-corrected chi connectivity index (χ4v) is 1.97. The Morgan fingerprint density at radius 1 is 1.29 bits per heavy atom. The average molecular weight is 236 g/mol. The maximum atomic E-state index is 11.7. The van der Waals surface area contributed by atoms with Gasteiger partial charge in [0.25, 0.3) is 0 Å². The zero-order chi connectivity index (χ0) is 13.2. The Balaban J connectivity index is 3.41. The number of carbonyl (C=O) groups excluding carboxylic acids is 1. The molecular formula is C13H20N2O2. The van der Waals surface area contributed by atoms with E-state index < -0.39 is 0 Å². The van der Waals surface area contributed by atoms with Gasteiger partial charge in [0.1, 0.15) is 5.75 Å². The minimum absolute atomic E-state index is 0.158. The van der Waals surface area contributed by atoms with Gasteiger partial charge >= 0.3 is 6.03 Å². The van der Waals surface area contributed by atoms with E-state index in [0.717, 1.165) is 28.1 Å². The molecule has 1 aromatic rings. The smallest absolute Gasteiger partial charge is 0.321 e. The van der Waals surface area contributed by atoms with Gasteiger partial charge in [0, 0.05) is 14.1 Å². The Morgan fingerprint density at radius 3 is 2.35 bits per heavy atom. The van der Waals surface area contributed by atoms with Gasteiger partial charge in [-0.15, -0.1) is 0 Å². The molecule has 0 saturated carbocycles. The summed E-state index contributed by atoms with van der Waals surface area (Å²) in [5, 5.41) is 2.61. The SMILES string of the molecule is CNC(=O)N(C)c1c(C)cc(C)c(C)c1OC. The molecule has 0 saturated heterocycles. The zero-order valence-corrected chi connectivity index (χ0v) is 11.3. The second-order valence-electron chi connectivity index (χ2n) is 4.13. The molecule has 0 aliphatic rings. The second kappa shape index (κ2) is 5.08. The number of hydrogen-bond acceptors (Lipinski definition) is 2. The summed E-state index contributed by atoms with van der Waals surface area (Å²) in [5.41, 5.74) is 4.06. The summed E-state index contributed by atoms with van der Waals surface area (Å²) in [4.78, 5) is 13.3. The minimum Gasteiger partial charge on any atom is -0.494 e. The van der Waals surface area contributed by atoms with E-state index in [-0.39, 0.29) is 6.03 Å². The molecule has 0 radical (unpaired) electrons. The third kappa shape index (κ3) is 2.35. The average Bonchev–Trinajstić information content (AvgIpc) is 2.31. The lowest BCUT2D eigenvalue weighted by atomic mass is 10.0. The highest BCUT2D eigenvalue weighted by Gasteiger charge is 2.19. The molecule has 2 amide bonds. The van der Waals surface area contributed by atoms with E-state index in [1.54, 1.807) is 26.1 Å². The van der Waals surface area contributed by atoms with E-state index in [4.69, 9.17) is 4.74 Å². The van der Waals surface area contributed by atoms with Crippen molar-refractivity contribution in [3.8, 4) is 5.75 Å². The van der Waals surface area contributed by atoms with Crippen LogP contribution in [0.4, 0.5) is 10.5 Å². The first kappa shape index (κ1) is 13.4. The fourth-order valence-electron chi connectivity index (χ4n) is 1.97. The standard InChI is InChI=1S/C13H20N2O2/c1-8-7-9(2)11(12(17-6)10(8)3)15(5)13(16)14-4/h7H,1-6H3,(H,14,16). The molecule has 1 aromatic carbocycles. The van der Waals surface area contributed by atoms with Crippen LogP contribution in [-0.2, 0) is 0 Å². The van der Waals surface area contributed by atoms with Crippen molar-refractivity contribution >= 4 is 11.7 Å². The number of rotatable bonds is 2. The summed E-state index contributed by atoms with van der Waals surface area (Å²) >= 11 is 0. The number of urea groups is 1. The van der Waals surface area contributed by atoms with E-state index in [1.165, 1.54) is 0 Å². The van der Waals surface area contributed by atoms with Crippen molar-refractivity contribution in [1.29, 1.82) is 0 Å². The molecule has 0 aliphatic carbocycles. The lowest BCUT2D eigenvalue weighted by Crippen LogP contribution is -2.35. The number of methoxy groups -OCH3 is 1. The quantitative estimate of drug-likeness (QED) is 0.856. The largest absolute Gasteiger partial charge is 0.494 e. The topological polar surface area (TPSA) is 41.6 Å². The van der Waals surface area contributed by atoms with Crippen molar-refractivity contribution in [2.75, 3.05) is 26.1 Å². The van der Waals surface area contributed by atoms with Crippen LogP contribution < -0.4 is 15.0 Å².